The number of halogens is 5. The SMILES string of the molecule is O=C(NNC(=S)Nc1ccccc1)c1cc(-c2c(F)cccc2F)nc2ccc(C(F)(F)F)cc12. The van der Waals surface area contributed by atoms with Crippen LogP contribution in [0.3, 0.4) is 0 Å². The van der Waals surface area contributed by atoms with Crippen molar-refractivity contribution in [1.29, 1.82) is 0 Å². The van der Waals surface area contributed by atoms with Crippen LogP contribution in [0.25, 0.3) is 22.2 Å². The number of hydrazine groups is 1. The van der Waals surface area contributed by atoms with Gasteiger partial charge in [0.1, 0.15) is 11.6 Å². The highest BCUT2D eigenvalue weighted by molar-refractivity contribution is 7.80. The molecule has 0 fully saturated rings. The van der Waals surface area contributed by atoms with Crippen LogP contribution in [0.5, 0.6) is 0 Å². The minimum atomic E-state index is -4.68. The average molecular weight is 502 g/mol. The molecule has 4 rings (SSSR count). The number of carbonyl (C=O) groups excluding carboxylic acids is 1. The molecule has 0 spiro atoms. The number of benzene rings is 3. The molecule has 3 aromatic carbocycles. The summed E-state index contributed by atoms with van der Waals surface area (Å²) in [6.07, 6.45) is -4.68. The summed E-state index contributed by atoms with van der Waals surface area (Å²) in [5, 5.41) is 2.65. The van der Waals surface area contributed by atoms with Crippen molar-refractivity contribution in [2.75, 3.05) is 5.32 Å². The van der Waals surface area contributed by atoms with E-state index in [2.05, 4.69) is 21.2 Å². The molecule has 0 aliphatic rings. The molecule has 0 aliphatic carbocycles. The summed E-state index contributed by atoms with van der Waals surface area (Å²) in [4.78, 5) is 17.1. The molecule has 0 saturated carbocycles. The van der Waals surface area contributed by atoms with Gasteiger partial charge in [-0.25, -0.2) is 13.8 Å². The maximum Gasteiger partial charge on any atom is 0.416 e. The number of rotatable bonds is 3. The van der Waals surface area contributed by atoms with E-state index in [1.165, 1.54) is 0 Å². The Morgan fingerprint density at radius 3 is 2.20 bits per heavy atom. The third kappa shape index (κ3) is 5.35. The fraction of sp³-hybridized carbons (Fsp3) is 0.0417. The number of fused-ring (bicyclic) bond motifs is 1. The van der Waals surface area contributed by atoms with Crippen LogP contribution in [0, 0.1) is 11.6 Å². The van der Waals surface area contributed by atoms with E-state index in [0.29, 0.717) is 5.69 Å². The topological polar surface area (TPSA) is 66.1 Å². The van der Waals surface area contributed by atoms with Gasteiger partial charge in [-0.15, -0.1) is 0 Å². The standard InChI is InChI=1S/C24H15F5N4OS/c25-17-7-4-8-18(26)21(17)20-12-16(15-11-13(24(27,28)29)9-10-19(15)31-20)22(34)32-33-23(35)30-14-5-2-1-3-6-14/h1-12H,(H,32,34)(H2,30,33,35). The normalized spacial score (nSPS) is 11.2. The molecule has 4 aromatic rings. The van der Waals surface area contributed by atoms with Gasteiger partial charge < -0.3 is 5.32 Å². The summed E-state index contributed by atoms with van der Waals surface area (Å²) in [5.41, 5.74) is 3.21. The van der Waals surface area contributed by atoms with E-state index in [1.807, 2.05) is 0 Å². The van der Waals surface area contributed by atoms with Crippen LogP contribution in [0.15, 0.2) is 72.8 Å². The molecule has 0 atom stereocenters. The Labute approximate surface area is 201 Å². The first-order valence-corrected chi connectivity index (χ1v) is 10.4. The van der Waals surface area contributed by atoms with Crippen molar-refractivity contribution in [2.24, 2.45) is 0 Å². The Hall–Kier alpha value is -4.12. The molecule has 0 aliphatic heterocycles. The number of pyridine rings is 1. The van der Waals surface area contributed by atoms with E-state index in [0.717, 1.165) is 42.5 Å². The highest BCUT2D eigenvalue weighted by Crippen LogP contribution is 2.34. The predicted octanol–water partition coefficient (Wildman–Crippen LogP) is 5.83. The Bertz CT molecular complexity index is 1410. The molecular formula is C24H15F5N4OS. The number of carbonyl (C=O) groups is 1. The number of alkyl halides is 3. The van der Waals surface area contributed by atoms with E-state index in [9.17, 15) is 26.7 Å². The molecule has 0 bridgehead atoms. The van der Waals surface area contributed by atoms with Crippen LogP contribution in [-0.4, -0.2) is 16.0 Å². The first-order chi connectivity index (χ1) is 16.6. The fourth-order valence-electron chi connectivity index (χ4n) is 3.33. The molecule has 1 aromatic heterocycles. The Kier molecular flexibility index (Phi) is 6.61. The van der Waals surface area contributed by atoms with Crippen LogP contribution < -0.4 is 16.2 Å². The molecule has 0 saturated heterocycles. The van der Waals surface area contributed by atoms with Gasteiger partial charge in [-0.05, 0) is 60.7 Å². The number of hydrogen-bond donors (Lipinski definition) is 3. The molecule has 1 amide bonds. The van der Waals surface area contributed by atoms with Gasteiger partial charge >= 0.3 is 6.18 Å². The van der Waals surface area contributed by atoms with Gasteiger partial charge in [-0.3, -0.25) is 15.6 Å². The van der Waals surface area contributed by atoms with Gasteiger partial charge in [0.25, 0.3) is 5.91 Å². The minimum Gasteiger partial charge on any atom is -0.331 e. The van der Waals surface area contributed by atoms with Crippen molar-refractivity contribution < 1.29 is 26.7 Å². The van der Waals surface area contributed by atoms with Crippen molar-refractivity contribution in [3.05, 3.63) is 95.6 Å². The van der Waals surface area contributed by atoms with Gasteiger partial charge in [0.2, 0.25) is 0 Å². The first kappa shape index (κ1) is 24.0. The minimum absolute atomic E-state index is 0.000682. The Morgan fingerprint density at radius 2 is 1.54 bits per heavy atom. The zero-order valence-electron chi connectivity index (χ0n) is 17.6. The molecule has 178 valence electrons. The van der Waals surface area contributed by atoms with Crippen LogP contribution in [0.2, 0.25) is 0 Å². The molecule has 35 heavy (non-hydrogen) atoms. The molecule has 11 heteroatoms. The summed E-state index contributed by atoms with van der Waals surface area (Å²) in [7, 11) is 0. The number of para-hydroxylation sites is 1. The monoisotopic (exact) mass is 502 g/mol. The van der Waals surface area contributed by atoms with Crippen molar-refractivity contribution in [1.82, 2.24) is 15.8 Å². The maximum absolute atomic E-state index is 14.4. The highest BCUT2D eigenvalue weighted by atomic mass is 32.1. The molecule has 1 heterocycles. The van der Waals surface area contributed by atoms with E-state index in [1.54, 1.807) is 30.3 Å². The second-order valence-corrected chi connectivity index (χ2v) is 7.69. The second kappa shape index (κ2) is 9.63. The zero-order valence-corrected chi connectivity index (χ0v) is 18.4. The number of hydrogen-bond acceptors (Lipinski definition) is 3. The third-order valence-electron chi connectivity index (χ3n) is 4.92. The fourth-order valence-corrected chi connectivity index (χ4v) is 3.49. The lowest BCUT2D eigenvalue weighted by molar-refractivity contribution is -0.137. The lowest BCUT2D eigenvalue weighted by Gasteiger charge is -2.15. The van der Waals surface area contributed by atoms with Crippen LogP contribution in [0.4, 0.5) is 27.6 Å². The number of anilines is 1. The first-order valence-electron chi connectivity index (χ1n) is 10.0. The highest BCUT2D eigenvalue weighted by Gasteiger charge is 2.31. The average Bonchev–Trinajstić information content (AvgIpc) is 2.81. The number of nitrogens with one attached hydrogen (secondary N) is 3. The number of nitrogens with zero attached hydrogens (tertiary/aromatic N) is 1. The Balaban J connectivity index is 1.73. The van der Waals surface area contributed by atoms with E-state index in [4.69, 9.17) is 12.2 Å². The smallest absolute Gasteiger partial charge is 0.331 e. The molecular weight excluding hydrogens is 487 g/mol. The molecule has 3 N–H and O–H groups in total. The van der Waals surface area contributed by atoms with E-state index < -0.39 is 34.8 Å². The quantitative estimate of drug-likeness (QED) is 0.187. The molecule has 0 radical (unpaired) electrons. The lowest BCUT2D eigenvalue weighted by Crippen LogP contribution is -2.43. The van der Waals surface area contributed by atoms with Crippen molar-refractivity contribution in [3.63, 3.8) is 0 Å². The van der Waals surface area contributed by atoms with Crippen LogP contribution >= 0.6 is 12.2 Å². The molecule has 0 unspecified atom stereocenters. The molecule has 5 nitrogen and oxygen atoms in total. The van der Waals surface area contributed by atoms with E-state index >= 15 is 0 Å². The summed E-state index contributed by atoms with van der Waals surface area (Å²) in [5.74, 6) is -2.78. The number of amides is 1. The van der Waals surface area contributed by atoms with Crippen molar-refractivity contribution in [2.45, 2.75) is 6.18 Å². The summed E-state index contributed by atoms with van der Waals surface area (Å²) in [6.45, 7) is 0. The third-order valence-corrected chi connectivity index (χ3v) is 5.12. The lowest BCUT2D eigenvalue weighted by atomic mass is 10.0. The second-order valence-electron chi connectivity index (χ2n) is 7.28. The van der Waals surface area contributed by atoms with Crippen LogP contribution in [0.1, 0.15) is 15.9 Å². The largest absolute Gasteiger partial charge is 0.416 e. The zero-order chi connectivity index (χ0) is 25.2. The number of aromatic nitrogens is 1. The van der Waals surface area contributed by atoms with Gasteiger partial charge in [0, 0.05) is 11.1 Å². The van der Waals surface area contributed by atoms with Gasteiger partial charge in [0.05, 0.1) is 27.9 Å². The summed E-state index contributed by atoms with van der Waals surface area (Å²) < 4.78 is 68.7. The van der Waals surface area contributed by atoms with Crippen molar-refractivity contribution in [3.8, 4) is 11.3 Å². The van der Waals surface area contributed by atoms with Gasteiger partial charge in [-0.1, -0.05) is 24.3 Å². The van der Waals surface area contributed by atoms with Crippen LogP contribution in [-0.2, 0) is 6.18 Å². The number of thiocarbonyl (C=S) groups is 1. The van der Waals surface area contributed by atoms with Gasteiger partial charge in [-0.2, -0.15) is 13.2 Å². The van der Waals surface area contributed by atoms with Gasteiger partial charge in [0.15, 0.2) is 5.11 Å². The summed E-state index contributed by atoms with van der Waals surface area (Å²) >= 11 is 5.11. The maximum atomic E-state index is 14.4. The Morgan fingerprint density at radius 1 is 0.857 bits per heavy atom. The predicted molar refractivity (Wildman–Crippen MR) is 125 cm³/mol. The van der Waals surface area contributed by atoms with Crippen molar-refractivity contribution >= 4 is 39.8 Å². The summed E-state index contributed by atoms with van der Waals surface area (Å²) in [6, 6.07) is 15.5. The van der Waals surface area contributed by atoms with E-state index in [-0.39, 0.29) is 27.3 Å².